The summed E-state index contributed by atoms with van der Waals surface area (Å²) in [6.07, 6.45) is -0.519. The largest absolute Gasteiger partial charge is 0.497 e. The van der Waals surface area contributed by atoms with Crippen molar-refractivity contribution < 1.29 is 32.7 Å². The van der Waals surface area contributed by atoms with Gasteiger partial charge in [-0.1, -0.05) is 93.6 Å². The lowest BCUT2D eigenvalue weighted by molar-refractivity contribution is -0.0918. The number of nitriles is 1. The summed E-state index contributed by atoms with van der Waals surface area (Å²) in [4.78, 5) is 28.0. The Hall–Kier alpha value is -5.56. The molecule has 70 heavy (non-hydrogen) atoms. The zero-order chi connectivity index (χ0) is 50.4. The minimum atomic E-state index is -2.63. The van der Waals surface area contributed by atoms with Crippen molar-refractivity contribution in [2.45, 2.75) is 122 Å². The normalized spacial score (nSPS) is 18.1. The summed E-state index contributed by atoms with van der Waals surface area (Å²) in [5, 5.41) is 12.8. The molecular formula is C54H68N7O7PSi. The Bertz CT molecular complexity index is 2650. The molecule has 1 amide bonds. The van der Waals surface area contributed by atoms with Crippen LogP contribution < -0.4 is 14.8 Å². The Morgan fingerprint density at radius 2 is 1.40 bits per heavy atom. The first-order valence-electron chi connectivity index (χ1n) is 23.9. The van der Waals surface area contributed by atoms with Gasteiger partial charge in [-0.15, -0.1) is 0 Å². The van der Waals surface area contributed by atoms with Crippen LogP contribution in [0.25, 0.3) is 11.2 Å². The van der Waals surface area contributed by atoms with Crippen LogP contribution in [-0.2, 0) is 24.0 Å². The molecule has 6 aromatic rings. The number of nitrogens with one attached hydrogen (secondary N) is 1. The SMILES string of the molecule is COc1ccc(C(OC[C@H]2O[C@@H](n3cnc4c(NC(=O)c5ccccc5)nc(C)nc43)[C@H](O[Si](C)(C)C(C)(C)C)[C@@H]2OP(CCC#N)N(C(C)C)C(C)C)(c2ccccc2)c2ccc(OC)cc2)cc1. The number of carbonyl (C=O) groups excluding carboxylic acids is 1. The van der Waals surface area contributed by atoms with Crippen LogP contribution in [0.1, 0.15) is 94.0 Å². The Kier molecular flexibility index (Phi) is 16.6. The monoisotopic (exact) mass is 985 g/mol. The molecule has 16 heteroatoms. The van der Waals surface area contributed by atoms with Gasteiger partial charge in [-0.3, -0.25) is 14.0 Å². The van der Waals surface area contributed by atoms with Crippen molar-refractivity contribution in [1.29, 1.82) is 5.26 Å². The number of benzene rings is 4. The van der Waals surface area contributed by atoms with Crippen LogP contribution >= 0.6 is 8.30 Å². The van der Waals surface area contributed by atoms with E-state index in [-0.39, 0.29) is 35.5 Å². The summed E-state index contributed by atoms with van der Waals surface area (Å²) < 4.78 is 45.7. The number of nitrogens with zero attached hydrogens (tertiary/aromatic N) is 6. The predicted octanol–water partition coefficient (Wildman–Crippen LogP) is 11.4. The van der Waals surface area contributed by atoms with Crippen LogP contribution in [-0.4, -0.2) is 95.8 Å². The highest BCUT2D eigenvalue weighted by Gasteiger charge is 2.54. The Morgan fingerprint density at radius 3 is 1.93 bits per heavy atom. The van der Waals surface area contributed by atoms with Crippen molar-refractivity contribution in [2.24, 2.45) is 0 Å². The Morgan fingerprint density at radius 1 is 0.843 bits per heavy atom. The van der Waals surface area contributed by atoms with Crippen LogP contribution in [0.3, 0.4) is 0 Å². The van der Waals surface area contributed by atoms with Crippen molar-refractivity contribution in [3.63, 3.8) is 0 Å². The second-order valence-electron chi connectivity index (χ2n) is 19.6. The van der Waals surface area contributed by atoms with Crippen LogP contribution in [0.15, 0.2) is 116 Å². The molecule has 1 N–H and O–H groups in total. The first-order valence-corrected chi connectivity index (χ1v) is 28.2. The second-order valence-corrected chi connectivity index (χ2v) is 26.2. The standard InChI is InChI=1S/C54H68N7O7PSi/c1-36(2)61(37(3)4)69(33-19-32-55)67-47-45(34-65-54(40-22-17-14-18-23-40,41-24-28-43(63-9)29-25-41)42-26-30-44(64-10)31-27-42)66-52(48(47)68-70(11,12)53(6,7)8)60-35-56-46-49(57-38(5)58-50(46)60)59-51(62)39-20-15-13-16-21-39/h13-18,20-31,35-37,45,47-48,52H,19,33-34H2,1-12H3,(H,57,58,59,62)/t45-,47-,48-,52-,69?/m1/s1. The van der Waals surface area contributed by atoms with Gasteiger partial charge in [0.15, 0.2) is 31.5 Å². The number of carbonyl (C=O) groups is 1. The van der Waals surface area contributed by atoms with E-state index >= 15 is 0 Å². The highest BCUT2D eigenvalue weighted by atomic mass is 31.2. The smallest absolute Gasteiger partial charge is 0.256 e. The van der Waals surface area contributed by atoms with E-state index in [2.05, 4.69) is 94.7 Å². The predicted molar refractivity (Wildman–Crippen MR) is 278 cm³/mol. The number of rotatable bonds is 20. The molecule has 0 bridgehead atoms. The molecule has 3 heterocycles. The van der Waals surface area contributed by atoms with Gasteiger partial charge in [-0.25, -0.2) is 15.0 Å². The molecule has 370 valence electrons. The lowest BCUT2D eigenvalue weighted by atomic mass is 9.80. The lowest BCUT2D eigenvalue weighted by Crippen LogP contribution is -2.50. The van der Waals surface area contributed by atoms with E-state index in [1.54, 1.807) is 39.6 Å². The van der Waals surface area contributed by atoms with Gasteiger partial charge < -0.3 is 33.2 Å². The van der Waals surface area contributed by atoms with Crippen LogP contribution in [0.2, 0.25) is 18.1 Å². The number of anilines is 1. The molecule has 0 radical (unpaired) electrons. The van der Waals surface area contributed by atoms with Crippen molar-refractivity contribution in [3.8, 4) is 17.6 Å². The molecule has 4 aromatic carbocycles. The number of aryl methyl sites for hydroxylation is 1. The molecule has 1 fully saturated rings. The fourth-order valence-corrected chi connectivity index (χ4v) is 12.4. The number of ether oxygens (including phenoxy) is 4. The van der Waals surface area contributed by atoms with Crippen LogP contribution in [0, 0.1) is 18.3 Å². The topological polar surface area (TPSA) is 155 Å². The van der Waals surface area contributed by atoms with Gasteiger partial charge in [0.25, 0.3) is 5.91 Å². The van der Waals surface area contributed by atoms with Gasteiger partial charge in [-0.2, -0.15) is 5.26 Å². The molecular weight excluding hydrogens is 918 g/mol. The molecule has 5 atom stereocenters. The third-order valence-corrected chi connectivity index (χ3v) is 20.2. The van der Waals surface area contributed by atoms with E-state index in [9.17, 15) is 10.1 Å². The van der Waals surface area contributed by atoms with Crippen LogP contribution in [0.5, 0.6) is 11.5 Å². The maximum atomic E-state index is 13.6. The number of methoxy groups -OCH3 is 2. The number of fused-ring (bicyclic) bond motifs is 1. The number of imidazole rings is 1. The number of hydrogen-bond acceptors (Lipinski definition) is 12. The molecule has 0 saturated carbocycles. The minimum Gasteiger partial charge on any atom is -0.497 e. The highest BCUT2D eigenvalue weighted by molar-refractivity contribution is 7.50. The highest BCUT2D eigenvalue weighted by Crippen LogP contribution is 2.52. The van der Waals surface area contributed by atoms with E-state index in [4.69, 9.17) is 37.9 Å². The molecule has 0 spiro atoms. The van der Waals surface area contributed by atoms with Gasteiger partial charge in [0.2, 0.25) is 0 Å². The Balaban J connectivity index is 1.42. The maximum absolute atomic E-state index is 13.6. The van der Waals surface area contributed by atoms with Gasteiger partial charge in [-0.05, 0) is 106 Å². The number of aromatic nitrogens is 4. The van der Waals surface area contributed by atoms with E-state index in [0.717, 1.165) is 16.7 Å². The fraction of sp³-hybridized carbons (Fsp3) is 0.426. The third kappa shape index (κ3) is 11.1. The zero-order valence-electron chi connectivity index (χ0n) is 42.5. The van der Waals surface area contributed by atoms with Gasteiger partial charge in [0, 0.05) is 30.2 Å². The first kappa shape index (κ1) is 52.3. The molecule has 1 unspecified atom stereocenters. The van der Waals surface area contributed by atoms with Gasteiger partial charge in [0.1, 0.15) is 49.5 Å². The molecule has 0 aliphatic carbocycles. The fourth-order valence-electron chi connectivity index (χ4n) is 8.81. The second kappa shape index (κ2) is 22.2. The Labute approximate surface area is 415 Å². The summed E-state index contributed by atoms with van der Waals surface area (Å²) in [6, 6.07) is 37.6. The molecule has 2 aromatic heterocycles. The van der Waals surface area contributed by atoms with E-state index in [1.165, 1.54) is 0 Å². The molecule has 1 aliphatic heterocycles. The van der Waals surface area contributed by atoms with Crippen molar-refractivity contribution in [1.82, 2.24) is 24.2 Å². The summed E-state index contributed by atoms with van der Waals surface area (Å²) in [5.74, 6) is 1.81. The third-order valence-electron chi connectivity index (χ3n) is 13.2. The molecule has 1 aliphatic rings. The average Bonchev–Trinajstić information content (AvgIpc) is 3.91. The van der Waals surface area contributed by atoms with Crippen molar-refractivity contribution >= 4 is 39.5 Å². The summed E-state index contributed by atoms with van der Waals surface area (Å²) in [7, 11) is -0.723. The van der Waals surface area contributed by atoms with Gasteiger partial charge in [0.05, 0.1) is 33.2 Å². The van der Waals surface area contributed by atoms with E-state index in [1.807, 2.05) is 89.5 Å². The molecule has 1 saturated heterocycles. The zero-order valence-corrected chi connectivity index (χ0v) is 44.4. The molecule has 7 rings (SSSR count). The van der Waals surface area contributed by atoms with E-state index < -0.39 is 46.8 Å². The minimum absolute atomic E-state index is 0.0370. The maximum Gasteiger partial charge on any atom is 0.256 e. The lowest BCUT2D eigenvalue weighted by Gasteiger charge is -2.43. The number of amides is 1. The van der Waals surface area contributed by atoms with Gasteiger partial charge >= 0.3 is 0 Å². The molecule has 14 nitrogen and oxygen atoms in total. The first-order chi connectivity index (χ1) is 33.4. The summed E-state index contributed by atoms with van der Waals surface area (Å²) in [5.41, 5.74) is 2.79. The summed E-state index contributed by atoms with van der Waals surface area (Å²) in [6.45, 7) is 21.5. The van der Waals surface area contributed by atoms with Crippen molar-refractivity contribution in [2.75, 3.05) is 32.3 Å². The average molecular weight is 986 g/mol. The quantitative estimate of drug-likeness (QED) is 0.0440. The van der Waals surface area contributed by atoms with Crippen molar-refractivity contribution in [3.05, 3.63) is 144 Å². The summed E-state index contributed by atoms with van der Waals surface area (Å²) >= 11 is 0. The number of hydrogen-bond donors (Lipinski definition) is 1. The van der Waals surface area contributed by atoms with E-state index in [0.29, 0.717) is 46.6 Å². The van der Waals surface area contributed by atoms with Crippen LogP contribution in [0.4, 0.5) is 5.82 Å².